The smallest absolute Gasteiger partial charge is 0.294 e. The maximum atomic E-state index is 5.70. The standard InChI is InChI=1S/C17H16O2S/c1-3-8-14(9-4-1)16(17-18-12-7-13-19-17)20-15-10-5-2-6-11-15/h1-6,8-11H,7,12-13H2. The van der Waals surface area contributed by atoms with Crippen LogP contribution in [0.3, 0.4) is 0 Å². The Hall–Kier alpha value is -1.87. The first-order valence-corrected chi connectivity index (χ1v) is 7.53. The van der Waals surface area contributed by atoms with E-state index in [1.54, 1.807) is 11.8 Å². The summed E-state index contributed by atoms with van der Waals surface area (Å²) in [6, 6.07) is 20.5. The molecule has 1 fully saturated rings. The van der Waals surface area contributed by atoms with E-state index in [1.807, 2.05) is 36.4 Å². The van der Waals surface area contributed by atoms with Crippen molar-refractivity contribution in [1.29, 1.82) is 0 Å². The number of ether oxygens (including phenoxy) is 2. The summed E-state index contributed by atoms with van der Waals surface area (Å²) in [5.41, 5.74) is 1.12. The molecule has 0 atom stereocenters. The highest BCUT2D eigenvalue weighted by atomic mass is 32.2. The van der Waals surface area contributed by atoms with E-state index in [1.165, 1.54) is 4.90 Å². The van der Waals surface area contributed by atoms with Crippen LogP contribution < -0.4 is 0 Å². The normalized spacial score (nSPS) is 14.3. The minimum Gasteiger partial charge on any atom is -0.464 e. The van der Waals surface area contributed by atoms with Crippen molar-refractivity contribution in [2.45, 2.75) is 11.3 Å². The number of hydrogen-bond acceptors (Lipinski definition) is 3. The first kappa shape index (κ1) is 13.1. The minimum atomic E-state index is 0.649. The first-order valence-electron chi connectivity index (χ1n) is 6.72. The second kappa shape index (κ2) is 6.53. The quantitative estimate of drug-likeness (QED) is 0.771. The molecule has 0 saturated carbocycles. The molecule has 0 bridgehead atoms. The van der Waals surface area contributed by atoms with Crippen molar-refractivity contribution in [3.05, 3.63) is 72.2 Å². The van der Waals surface area contributed by atoms with E-state index in [-0.39, 0.29) is 0 Å². The zero-order chi connectivity index (χ0) is 13.6. The third-order valence-corrected chi connectivity index (χ3v) is 4.05. The van der Waals surface area contributed by atoms with Crippen LogP contribution in [0.1, 0.15) is 12.0 Å². The van der Waals surface area contributed by atoms with Crippen molar-refractivity contribution in [1.82, 2.24) is 0 Å². The molecule has 2 aromatic carbocycles. The topological polar surface area (TPSA) is 18.5 Å². The zero-order valence-corrected chi connectivity index (χ0v) is 11.9. The highest BCUT2D eigenvalue weighted by Gasteiger charge is 2.17. The highest BCUT2D eigenvalue weighted by molar-refractivity contribution is 8.08. The third kappa shape index (κ3) is 3.17. The SMILES string of the molecule is c1ccc(SC(=C2OCCCO2)c2ccccc2)cc1. The van der Waals surface area contributed by atoms with Crippen molar-refractivity contribution in [3.63, 3.8) is 0 Å². The molecule has 0 spiro atoms. The van der Waals surface area contributed by atoms with Crippen molar-refractivity contribution < 1.29 is 9.47 Å². The molecule has 0 aromatic heterocycles. The van der Waals surface area contributed by atoms with Crippen LogP contribution in [0.15, 0.2) is 71.5 Å². The van der Waals surface area contributed by atoms with Gasteiger partial charge in [-0.05, 0) is 17.7 Å². The van der Waals surface area contributed by atoms with Crippen molar-refractivity contribution in [3.8, 4) is 0 Å². The Labute approximate surface area is 123 Å². The van der Waals surface area contributed by atoms with Crippen LogP contribution in [0.4, 0.5) is 0 Å². The van der Waals surface area contributed by atoms with Gasteiger partial charge in [-0.3, -0.25) is 0 Å². The number of rotatable bonds is 3. The van der Waals surface area contributed by atoms with Crippen molar-refractivity contribution in [2.24, 2.45) is 0 Å². The van der Waals surface area contributed by atoms with Gasteiger partial charge in [-0.25, -0.2) is 0 Å². The van der Waals surface area contributed by atoms with Crippen LogP contribution in [-0.4, -0.2) is 13.2 Å². The molecule has 0 aliphatic carbocycles. The fourth-order valence-electron chi connectivity index (χ4n) is 1.98. The van der Waals surface area contributed by atoms with E-state index in [0.29, 0.717) is 5.95 Å². The molecular weight excluding hydrogens is 268 g/mol. The van der Waals surface area contributed by atoms with E-state index in [0.717, 1.165) is 30.1 Å². The molecule has 102 valence electrons. The van der Waals surface area contributed by atoms with Gasteiger partial charge in [-0.15, -0.1) is 0 Å². The van der Waals surface area contributed by atoms with Gasteiger partial charge in [0.2, 0.25) is 0 Å². The van der Waals surface area contributed by atoms with Gasteiger partial charge in [-0.1, -0.05) is 60.3 Å². The third-order valence-electron chi connectivity index (χ3n) is 2.94. The van der Waals surface area contributed by atoms with Gasteiger partial charge in [0.05, 0.1) is 13.2 Å². The summed E-state index contributed by atoms with van der Waals surface area (Å²) in [6.07, 6.45) is 0.946. The van der Waals surface area contributed by atoms with Crippen LogP contribution in [0.25, 0.3) is 4.91 Å². The van der Waals surface area contributed by atoms with Gasteiger partial charge in [-0.2, -0.15) is 0 Å². The summed E-state index contributed by atoms with van der Waals surface area (Å²) in [7, 11) is 0. The van der Waals surface area contributed by atoms with Gasteiger partial charge < -0.3 is 9.47 Å². The van der Waals surface area contributed by atoms with E-state index < -0.39 is 0 Å². The second-order valence-corrected chi connectivity index (χ2v) is 5.53. The Balaban J connectivity index is 1.95. The molecule has 0 radical (unpaired) electrons. The summed E-state index contributed by atoms with van der Waals surface area (Å²) in [5.74, 6) is 0.649. The molecule has 1 saturated heterocycles. The molecule has 3 rings (SSSR count). The van der Waals surface area contributed by atoms with Crippen LogP contribution in [0.5, 0.6) is 0 Å². The summed E-state index contributed by atoms with van der Waals surface area (Å²) < 4.78 is 11.4. The first-order chi connectivity index (χ1) is 9.93. The minimum absolute atomic E-state index is 0.649. The lowest BCUT2D eigenvalue weighted by Crippen LogP contribution is -2.11. The molecule has 20 heavy (non-hydrogen) atoms. The molecule has 3 heteroatoms. The average Bonchev–Trinajstić information content (AvgIpc) is 2.55. The lowest BCUT2D eigenvalue weighted by atomic mass is 10.2. The van der Waals surface area contributed by atoms with E-state index in [4.69, 9.17) is 9.47 Å². The Bertz CT molecular complexity index is 570. The molecule has 2 aromatic rings. The summed E-state index contributed by atoms with van der Waals surface area (Å²) in [6.45, 7) is 1.45. The largest absolute Gasteiger partial charge is 0.464 e. The molecular formula is C17H16O2S. The van der Waals surface area contributed by atoms with Gasteiger partial charge in [0.15, 0.2) is 0 Å². The number of hydrogen-bond donors (Lipinski definition) is 0. The van der Waals surface area contributed by atoms with Crippen LogP contribution in [0, 0.1) is 0 Å². The van der Waals surface area contributed by atoms with Crippen molar-refractivity contribution in [2.75, 3.05) is 13.2 Å². The second-order valence-electron chi connectivity index (χ2n) is 4.45. The predicted octanol–water partition coefficient (Wildman–Crippen LogP) is 4.54. The van der Waals surface area contributed by atoms with Crippen LogP contribution >= 0.6 is 11.8 Å². The summed E-state index contributed by atoms with van der Waals surface area (Å²) >= 11 is 1.68. The fourth-order valence-corrected chi connectivity index (χ4v) is 2.96. The highest BCUT2D eigenvalue weighted by Crippen LogP contribution is 2.38. The van der Waals surface area contributed by atoms with E-state index >= 15 is 0 Å². The monoisotopic (exact) mass is 284 g/mol. The maximum absolute atomic E-state index is 5.70. The Kier molecular flexibility index (Phi) is 4.28. The lowest BCUT2D eigenvalue weighted by Gasteiger charge is -2.20. The molecule has 0 amide bonds. The summed E-state index contributed by atoms with van der Waals surface area (Å²) in [4.78, 5) is 2.22. The fraction of sp³-hybridized carbons (Fsp3) is 0.176. The van der Waals surface area contributed by atoms with Gasteiger partial charge >= 0.3 is 0 Å². The predicted molar refractivity (Wildman–Crippen MR) is 82.2 cm³/mol. The molecule has 0 N–H and O–H groups in total. The van der Waals surface area contributed by atoms with Gasteiger partial charge in [0, 0.05) is 11.3 Å². The number of benzene rings is 2. The van der Waals surface area contributed by atoms with Gasteiger partial charge in [0.25, 0.3) is 5.95 Å². The van der Waals surface area contributed by atoms with Crippen molar-refractivity contribution >= 4 is 16.7 Å². The Morgan fingerprint density at radius 1 is 0.800 bits per heavy atom. The zero-order valence-electron chi connectivity index (χ0n) is 11.1. The molecule has 1 aliphatic rings. The van der Waals surface area contributed by atoms with Crippen LogP contribution in [-0.2, 0) is 9.47 Å². The average molecular weight is 284 g/mol. The van der Waals surface area contributed by atoms with Crippen LogP contribution in [0.2, 0.25) is 0 Å². The Morgan fingerprint density at radius 3 is 2.05 bits per heavy atom. The number of thioether (sulfide) groups is 1. The van der Waals surface area contributed by atoms with E-state index in [9.17, 15) is 0 Å². The Morgan fingerprint density at radius 2 is 1.40 bits per heavy atom. The summed E-state index contributed by atoms with van der Waals surface area (Å²) in [5, 5.41) is 0. The van der Waals surface area contributed by atoms with Gasteiger partial charge in [0.1, 0.15) is 4.91 Å². The lowest BCUT2D eigenvalue weighted by molar-refractivity contribution is -0.0108. The molecule has 1 heterocycles. The maximum Gasteiger partial charge on any atom is 0.294 e. The molecule has 1 aliphatic heterocycles. The molecule has 2 nitrogen and oxygen atoms in total. The van der Waals surface area contributed by atoms with E-state index in [2.05, 4.69) is 24.3 Å². The molecule has 0 unspecified atom stereocenters.